The summed E-state index contributed by atoms with van der Waals surface area (Å²) >= 11 is 0. The van der Waals surface area contributed by atoms with Gasteiger partial charge >= 0.3 is 0 Å². The van der Waals surface area contributed by atoms with E-state index in [0.29, 0.717) is 18.2 Å². The average Bonchev–Trinajstić information content (AvgIpc) is 2.90. The Kier molecular flexibility index (Phi) is 7.02. The molecule has 0 atom stereocenters. The molecule has 1 amide bonds. The summed E-state index contributed by atoms with van der Waals surface area (Å²) in [5, 5.41) is 13.8. The number of carbonyl (C=O) groups is 1. The minimum Gasteiger partial charge on any atom is -0.390 e. The number of fused-ring (bicyclic) bond motifs is 3. The van der Waals surface area contributed by atoms with Gasteiger partial charge in [-0.15, -0.1) is 0 Å². The van der Waals surface area contributed by atoms with E-state index in [4.69, 9.17) is 15.5 Å². The SMILES string of the molecule is CCOC1(c2ccc(-c3cnc(N)c(C(=O)NC45CCC(O)(CC4)CC5)c3)nc2)CCN(C(C)C)CC1. The molecule has 0 spiro atoms. The maximum atomic E-state index is 13.3. The molecule has 3 saturated carbocycles. The predicted octanol–water partition coefficient (Wildman–Crippen LogP) is 4.03. The van der Waals surface area contributed by atoms with E-state index in [-0.39, 0.29) is 22.9 Å². The van der Waals surface area contributed by atoms with Crippen molar-refractivity contribution < 1.29 is 14.6 Å². The van der Waals surface area contributed by atoms with Crippen LogP contribution >= 0.6 is 0 Å². The van der Waals surface area contributed by atoms with Crippen molar-refractivity contribution >= 4 is 11.7 Å². The first-order chi connectivity index (χ1) is 17.7. The van der Waals surface area contributed by atoms with Gasteiger partial charge in [0, 0.05) is 54.8 Å². The predicted molar refractivity (Wildman–Crippen MR) is 144 cm³/mol. The molecular formula is C29H41N5O3. The fraction of sp³-hybridized carbons (Fsp3) is 0.621. The molecule has 1 aliphatic heterocycles. The van der Waals surface area contributed by atoms with Gasteiger partial charge in [0.1, 0.15) is 5.82 Å². The van der Waals surface area contributed by atoms with Gasteiger partial charge in [0.25, 0.3) is 5.91 Å². The molecule has 2 aromatic rings. The van der Waals surface area contributed by atoms with E-state index >= 15 is 0 Å². The topological polar surface area (TPSA) is 114 Å². The number of piperidine rings is 1. The lowest BCUT2D eigenvalue weighted by molar-refractivity contribution is -0.0888. The normalized spacial score (nSPS) is 27.4. The van der Waals surface area contributed by atoms with Crippen molar-refractivity contribution in [3.63, 3.8) is 0 Å². The first kappa shape index (κ1) is 26.1. The number of hydrogen-bond donors (Lipinski definition) is 3. The number of aliphatic hydroxyl groups is 1. The molecule has 200 valence electrons. The van der Waals surface area contributed by atoms with Crippen molar-refractivity contribution in [3.05, 3.63) is 41.7 Å². The van der Waals surface area contributed by atoms with Crippen LogP contribution < -0.4 is 11.1 Å². The number of nitrogens with two attached hydrogens (primary N) is 1. The van der Waals surface area contributed by atoms with Gasteiger partial charge < -0.3 is 25.8 Å². The van der Waals surface area contributed by atoms with Gasteiger partial charge in [0.05, 0.1) is 22.5 Å². The molecule has 3 heterocycles. The molecule has 37 heavy (non-hydrogen) atoms. The standard InChI is InChI=1S/C29H41N5O3/c1-4-37-29(13-15-34(16-14-29)20(2)3)22-5-6-24(31-19-22)21-17-23(25(30)32-18-21)26(35)33-27-7-10-28(36,11-8-27)12-9-27/h5-6,17-20,36H,4,7-16H2,1-3H3,(H2,30,32)(H,33,35). The number of ether oxygens (including phenoxy) is 1. The Hall–Kier alpha value is -2.55. The van der Waals surface area contributed by atoms with Crippen molar-refractivity contribution in [1.29, 1.82) is 0 Å². The second-order valence-corrected chi connectivity index (χ2v) is 11.6. The highest BCUT2D eigenvalue weighted by atomic mass is 16.5. The summed E-state index contributed by atoms with van der Waals surface area (Å²) in [5.74, 6) is 0.00706. The number of pyridine rings is 2. The highest BCUT2D eigenvalue weighted by molar-refractivity contribution is 5.99. The fourth-order valence-electron chi connectivity index (χ4n) is 6.49. The number of likely N-dealkylation sites (tertiary alicyclic amines) is 1. The Balaban J connectivity index is 1.33. The number of anilines is 1. The van der Waals surface area contributed by atoms with Gasteiger partial charge in [-0.3, -0.25) is 9.78 Å². The third-order valence-electron chi connectivity index (χ3n) is 9.09. The lowest BCUT2D eigenvalue weighted by atomic mass is 9.63. The molecule has 4 fully saturated rings. The first-order valence-corrected chi connectivity index (χ1v) is 13.8. The molecule has 1 saturated heterocycles. The van der Waals surface area contributed by atoms with Crippen molar-refractivity contribution in [1.82, 2.24) is 20.2 Å². The quantitative estimate of drug-likeness (QED) is 0.518. The number of aromatic nitrogens is 2. The number of nitrogens with zero attached hydrogens (tertiary/aromatic N) is 3. The third-order valence-corrected chi connectivity index (χ3v) is 9.09. The van der Waals surface area contributed by atoms with Gasteiger partial charge in [-0.05, 0) is 84.3 Å². The molecule has 4 aliphatic rings. The molecule has 4 N–H and O–H groups in total. The van der Waals surface area contributed by atoms with Crippen molar-refractivity contribution in [2.75, 3.05) is 25.4 Å². The van der Waals surface area contributed by atoms with Crippen LogP contribution in [-0.4, -0.2) is 62.8 Å². The number of rotatable bonds is 7. The smallest absolute Gasteiger partial charge is 0.255 e. The van der Waals surface area contributed by atoms with Crippen LogP contribution in [0.15, 0.2) is 30.6 Å². The van der Waals surface area contributed by atoms with Crippen molar-refractivity contribution in [2.45, 2.75) is 94.9 Å². The zero-order valence-corrected chi connectivity index (χ0v) is 22.4. The van der Waals surface area contributed by atoms with E-state index in [9.17, 15) is 9.90 Å². The Morgan fingerprint density at radius 2 is 1.76 bits per heavy atom. The molecule has 8 heteroatoms. The maximum absolute atomic E-state index is 13.3. The van der Waals surface area contributed by atoms with Crippen LogP contribution in [0.5, 0.6) is 0 Å². The summed E-state index contributed by atoms with van der Waals surface area (Å²) in [7, 11) is 0. The van der Waals surface area contributed by atoms with Gasteiger partial charge in [-0.25, -0.2) is 4.98 Å². The third kappa shape index (κ3) is 5.11. The highest BCUT2D eigenvalue weighted by Gasteiger charge is 2.48. The largest absolute Gasteiger partial charge is 0.390 e. The average molecular weight is 508 g/mol. The van der Waals surface area contributed by atoms with Crippen LogP contribution in [0.1, 0.15) is 88.1 Å². The molecule has 6 rings (SSSR count). The lowest BCUT2D eigenvalue weighted by Gasteiger charge is -2.51. The van der Waals surface area contributed by atoms with Gasteiger partial charge in [-0.1, -0.05) is 6.07 Å². The molecule has 3 aliphatic carbocycles. The maximum Gasteiger partial charge on any atom is 0.255 e. The Labute approximate surface area is 220 Å². The zero-order chi connectivity index (χ0) is 26.3. The second kappa shape index (κ2) is 9.97. The summed E-state index contributed by atoms with van der Waals surface area (Å²) in [6.07, 6.45) is 10.0. The molecule has 8 nitrogen and oxygen atoms in total. The van der Waals surface area contributed by atoms with E-state index in [2.05, 4.69) is 35.1 Å². The van der Waals surface area contributed by atoms with E-state index in [1.807, 2.05) is 19.2 Å². The number of carbonyl (C=O) groups excluding carboxylic acids is 1. The number of amides is 1. The molecule has 2 aromatic heterocycles. The van der Waals surface area contributed by atoms with Crippen LogP contribution in [0.4, 0.5) is 5.82 Å². The van der Waals surface area contributed by atoms with Gasteiger partial charge in [0.15, 0.2) is 0 Å². The first-order valence-electron chi connectivity index (χ1n) is 13.8. The molecule has 0 radical (unpaired) electrons. The summed E-state index contributed by atoms with van der Waals surface area (Å²) in [4.78, 5) is 24.9. The minimum absolute atomic E-state index is 0.206. The van der Waals surface area contributed by atoms with E-state index < -0.39 is 5.60 Å². The van der Waals surface area contributed by atoms with Crippen LogP contribution in [-0.2, 0) is 10.3 Å². The summed E-state index contributed by atoms with van der Waals surface area (Å²) in [6, 6.07) is 6.41. The molecular weight excluding hydrogens is 466 g/mol. The van der Waals surface area contributed by atoms with E-state index in [0.717, 1.165) is 81.3 Å². The molecule has 0 aromatic carbocycles. The van der Waals surface area contributed by atoms with Crippen molar-refractivity contribution in [3.8, 4) is 11.3 Å². The molecule has 2 bridgehead atoms. The van der Waals surface area contributed by atoms with Crippen LogP contribution in [0, 0.1) is 0 Å². The number of nitrogens with one attached hydrogen (secondary N) is 1. The molecule has 0 unspecified atom stereocenters. The van der Waals surface area contributed by atoms with Crippen LogP contribution in [0.2, 0.25) is 0 Å². The second-order valence-electron chi connectivity index (χ2n) is 11.6. The van der Waals surface area contributed by atoms with Crippen LogP contribution in [0.25, 0.3) is 11.3 Å². The van der Waals surface area contributed by atoms with Crippen molar-refractivity contribution in [2.24, 2.45) is 0 Å². The van der Waals surface area contributed by atoms with Gasteiger partial charge in [0.2, 0.25) is 0 Å². The number of hydrogen-bond acceptors (Lipinski definition) is 7. The zero-order valence-electron chi connectivity index (χ0n) is 22.4. The Bertz CT molecular complexity index is 1100. The van der Waals surface area contributed by atoms with Crippen LogP contribution in [0.3, 0.4) is 0 Å². The fourth-order valence-corrected chi connectivity index (χ4v) is 6.49. The summed E-state index contributed by atoms with van der Waals surface area (Å²) in [5.41, 5.74) is 7.98. The Morgan fingerprint density at radius 3 is 2.32 bits per heavy atom. The summed E-state index contributed by atoms with van der Waals surface area (Å²) < 4.78 is 6.33. The number of nitrogen functional groups attached to an aromatic ring is 1. The highest BCUT2D eigenvalue weighted by Crippen LogP contribution is 2.47. The van der Waals surface area contributed by atoms with E-state index in [1.165, 1.54) is 0 Å². The Morgan fingerprint density at radius 1 is 1.08 bits per heavy atom. The van der Waals surface area contributed by atoms with Gasteiger partial charge in [-0.2, -0.15) is 0 Å². The van der Waals surface area contributed by atoms with E-state index in [1.54, 1.807) is 12.3 Å². The minimum atomic E-state index is -0.545. The summed E-state index contributed by atoms with van der Waals surface area (Å²) in [6.45, 7) is 9.18. The lowest BCUT2D eigenvalue weighted by Crippen LogP contribution is -2.58. The monoisotopic (exact) mass is 507 g/mol.